The molecule has 1 aliphatic carbocycles. The van der Waals surface area contributed by atoms with Crippen molar-refractivity contribution in [1.29, 1.82) is 0 Å². The molecule has 116 valence electrons. The van der Waals surface area contributed by atoms with E-state index in [1.54, 1.807) is 18.3 Å². The molecule has 5 nitrogen and oxygen atoms in total. The number of rotatable bonds is 3. The third kappa shape index (κ3) is 3.33. The summed E-state index contributed by atoms with van der Waals surface area (Å²) in [7, 11) is 0. The second-order valence-corrected chi connectivity index (χ2v) is 5.65. The summed E-state index contributed by atoms with van der Waals surface area (Å²) in [5, 5.41) is 12.9. The van der Waals surface area contributed by atoms with E-state index in [2.05, 4.69) is 15.3 Å². The summed E-state index contributed by atoms with van der Waals surface area (Å²) in [5.74, 6) is 0.603. The summed E-state index contributed by atoms with van der Waals surface area (Å²) in [6.07, 6.45) is 4.70. The van der Waals surface area contributed by atoms with Crippen LogP contribution in [0.2, 0.25) is 0 Å². The zero-order valence-corrected chi connectivity index (χ0v) is 12.2. The van der Waals surface area contributed by atoms with Crippen LogP contribution in [0.3, 0.4) is 0 Å². The number of nitrogens with zero attached hydrogens (tertiary/aromatic N) is 2. The summed E-state index contributed by atoms with van der Waals surface area (Å²) in [6.45, 7) is 0. The molecule has 1 heterocycles. The fraction of sp³-hybridized carbons (Fsp3) is 0.375. The summed E-state index contributed by atoms with van der Waals surface area (Å²) < 4.78 is 13.0. The van der Waals surface area contributed by atoms with Crippen LogP contribution in [0.15, 0.2) is 30.5 Å². The molecule has 0 aliphatic heterocycles. The van der Waals surface area contributed by atoms with E-state index in [1.807, 2.05) is 0 Å². The molecule has 1 aromatic carbocycles. The molecule has 0 amide bonds. The smallest absolute Gasteiger partial charge is 0.169 e. The standard InChI is InChI=1S/C16H19FN4O/c17-11-3-1-10(2-4-11)14-9-19-15(18)16(21-14)20-12-5-7-13(22)8-6-12/h1-4,9,12-13,22H,5-8H2,(H2,18,19)(H,20,21). The Kier molecular flexibility index (Phi) is 4.20. The largest absolute Gasteiger partial charge is 0.393 e. The minimum absolute atomic E-state index is 0.202. The van der Waals surface area contributed by atoms with Crippen LogP contribution >= 0.6 is 0 Å². The number of halogens is 1. The lowest BCUT2D eigenvalue weighted by atomic mass is 9.93. The molecule has 4 N–H and O–H groups in total. The predicted molar refractivity (Wildman–Crippen MR) is 83.7 cm³/mol. The Labute approximate surface area is 128 Å². The molecule has 1 aromatic heterocycles. The van der Waals surface area contributed by atoms with E-state index in [-0.39, 0.29) is 18.0 Å². The van der Waals surface area contributed by atoms with Crippen LogP contribution in [-0.4, -0.2) is 27.2 Å². The van der Waals surface area contributed by atoms with Gasteiger partial charge in [-0.3, -0.25) is 0 Å². The lowest BCUT2D eigenvalue weighted by Crippen LogP contribution is -2.29. The predicted octanol–water partition coefficient (Wildman–Crippen LogP) is 2.58. The SMILES string of the molecule is Nc1ncc(-c2ccc(F)cc2)nc1NC1CCC(O)CC1. The van der Waals surface area contributed by atoms with Crippen LogP contribution in [0.4, 0.5) is 16.0 Å². The number of aliphatic hydroxyl groups excluding tert-OH is 1. The Hall–Kier alpha value is -2.21. The van der Waals surface area contributed by atoms with Crippen LogP contribution < -0.4 is 11.1 Å². The van der Waals surface area contributed by atoms with Crippen molar-refractivity contribution in [3.05, 3.63) is 36.3 Å². The zero-order valence-electron chi connectivity index (χ0n) is 12.2. The highest BCUT2D eigenvalue weighted by atomic mass is 19.1. The fourth-order valence-electron chi connectivity index (χ4n) is 2.68. The Morgan fingerprint density at radius 2 is 1.82 bits per heavy atom. The van der Waals surface area contributed by atoms with Gasteiger partial charge in [0.1, 0.15) is 5.82 Å². The van der Waals surface area contributed by atoms with Crippen LogP contribution in [0.5, 0.6) is 0 Å². The van der Waals surface area contributed by atoms with Gasteiger partial charge in [-0.15, -0.1) is 0 Å². The zero-order chi connectivity index (χ0) is 15.5. The van der Waals surface area contributed by atoms with E-state index in [4.69, 9.17) is 5.73 Å². The van der Waals surface area contributed by atoms with Crippen molar-refractivity contribution in [2.24, 2.45) is 0 Å². The normalized spacial score (nSPS) is 21.5. The molecule has 0 unspecified atom stereocenters. The highest BCUT2D eigenvalue weighted by Crippen LogP contribution is 2.25. The van der Waals surface area contributed by atoms with Gasteiger partial charge in [0.15, 0.2) is 11.6 Å². The van der Waals surface area contributed by atoms with Gasteiger partial charge in [0.05, 0.1) is 18.0 Å². The van der Waals surface area contributed by atoms with Gasteiger partial charge in [0.2, 0.25) is 0 Å². The van der Waals surface area contributed by atoms with Crippen molar-refractivity contribution in [2.45, 2.75) is 37.8 Å². The van der Waals surface area contributed by atoms with Gasteiger partial charge in [-0.05, 0) is 49.9 Å². The monoisotopic (exact) mass is 302 g/mol. The van der Waals surface area contributed by atoms with E-state index in [1.165, 1.54) is 12.1 Å². The molecule has 0 bridgehead atoms. The molecule has 0 atom stereocenters. The number of anilines is 2. The van der Waals surface area contributed by atoms with Crippen LogP contribution in [0.25, 0.3) is 11.3 Å². The molecule has 1 saturated carbocycles. The summed E-state index contributed by atoms with van der Waals surface area (Å²) in [5.41, 5.74) is 7.32. The topological polar surface area (TPSA) is 84.1 Å². The first-order valence-electron chi connectivity index (χ1n) is 7.45. The van der Waals surface area contributed by atoms with Gasteiger partial charge in [-0.25, -0.2) is 14.4 Å². The van der Waals surface area contributed by atoms with Gasteiger partial charge in [0.25, 0.3) is 0 Å². The lowest BCUT2D eigenvalue weighted by Gasteiger charge is -2.26. The lowest BCUT2D eigenvalue weighted by molar-refractivity contribution is 0.126. The van der Waals surface area contributed by atoms with Gasteiger partial charge >= 0.3 is 0 Å². The number of nitrogens with one attached hydrogen (secondary N) is 1. The number of nitrogen functional groups attached to an aromatic ring is 1. The molecule has 3 rings (SSSR count). The number of hydrogen-bond donors (Lipinski definition) is 3. The van der Waals surface area contributed by atoms with Crippen molar-refractivity contribution >= 4 is 11.6 Å². The fourth-order valence-corrected chi connectivity index (χ4v) is 2.68. The Bertz CT molecular complexity index is 639. The maximum atomic E-state index is 13.0. The van der Waals surface area contributed by atoms with Crippen LogP contribution in [0, 0.1) is 5.82 Å². The Balaban J connectivity index is 1.79. The molecule has 0 radical (unpaired) electrons. The maximum absolute atomic E-state index is 13.0. The van der Waals surface area contributed by atoms with Gasteiger partial charge in [-0.1, -0.05) is 0 Å². The van der Waals surface area contributed by atoms with E-state index < -0.39 is 0 Å². The molecule has 2 aromatic rings. The maximum Gasteiger partial charge on any atom is 0.169 e. The van der Waals surface area contributed by atoms with Crippen LogP contribution in [-0.2, 0) is 0 Å². The summed E-state index contributed by atoms with van der Waals surface area (Å²) in [6, 6.07) is 6.35. The second-order valence-electron chi connectivity index (χ2n) is 5.65. The average molecular weight is 302 g/mol. The van der Waals surface area contributed by atoms with Crippen LogP contribution in [0.1, 0.15) is 25.7 Å². The number of benzene rings is 1. The van der Waals surface area contributed by atoms with Gasteiger partial charge < -0.3 is 16.2 Å². The Morgan fingerprint density at radius 1 is 1.14 bits per heavy atom. The number of nitrogens with two attached hydrogens (primary N) is 1. The molecule has 6 heteroatoms. The van der Waals surface area contributed by atoms with Crippen molar-refractivity contribution in [2.75, 3.05) is 11.1 Å². The van der Waals surface area contributed by atoms with Crippen molar-refractivity contribution in [3.8, 4) is 11.3 Å². The molecule has 0 saturated heterocycles. The van der Waals surface area contributed by atoms with E-state index in [9.17, 15) is 9.50 Å². The van der Waals surface area contributed by atoms with Gasteiger partial charge in [-0.2, -0.15) is 0 Å². The van der Waals surface area contributed by atoms with E-state index in [0.29, 0.717) is 17.3 Å². The molecular formula is C16H19FN4O. The molecule has 1 aliphatic rings. The van der Waals surface area contributed by atoms with Crippen molar-refractivity contribution < 1.29 is 9.50 Å². The number of aliphatic hydroxyl groups is 1. The second kappa shape index (κ2) is 6.27. The summed E-state index contributed by atoms with van der Waals surface area (Å²) >= 11 is 0. The van der Waals surface area contributed by atoms with Crippen molar-refractivity contribution in [1.82, 2.24) is 9.97 Å². The van der Waals surface area contributed by atoms with E-state index in [0.717, 1.165) is 31.2 Å². The molecule has 22 heavy (non-hydrogen) atoms. The minimum Gasteiger partial charge on any atom is -0.393 e. The number of aromatic nitrogens is 2. The van der Waals surface area contributed by atoms with Gasteiger partial charge in [0, 0.05) is 11.6 Å². The quantitative estimate of drug-likeness (QED) is 0.811. The Morgan fingerprint density at radius 3 is 2.50 bits per heavy atom. The first kappa shape index (κ1) is 14.7. The average Bonchev–Trinajstić information content (AvgIpc) is 2.52. The third-order valence-corrected chi connectivity index (χ3v) is 3.98. The minimum atomic E-state index is -0.286. The highest BCUT2D eigenvalue weighted by Gasteiger charge is 2.20. The van der Waals surface area contributed by atoms with Crippen molar-refractivity contribution in [3.63, 3.8) is 0 Å². The third-order valence-electron chi connectivity index (χ3n) is 3.98. The number of hydrogen-bond acceptors (Lipinski definition) is 5. The summed E-state index contributed by atoms with van der Waals surface area (Å²) in [4.78, 5) is 8.67. The first-order valence-corrected chi connectivity index (χ1v) is 7.45. The highest BCUT2D eigenvalue weighted by molar-refractivity contribution is 5.65. The van der Waals surface area contributed by atoms with E-state index >= 15 is 0 Å². The molecule has 1 fully saturated rings. The first-order chi connectivity index (χ1) is 10.6. The molecular weight excluding hydrogens is 283 g/mol. The molecule has 0 spiro atoms.